The molecule has 1 aromatic rings. The Balaban J connectivity index is 1.69. The van der Waals surface area contributed by atoms with Crippen LogP contribution in [0.15, 0.2) is 18.2 Å². The van der Waals surface area contributed by atoms with Crippen LogP contribution in [0.25, 0.3) is 0 Å². The number of amides is 2. The van der Waals surface area contributed by atoms with Crippen molar-refractivity contribution in [1.82, 2.24) is 4.90 Å². The van der Waals surface area contributed by atoms with Gasteiger partial charge in [-0.25, -0.2) is 4.79 Å². The number of fused-ring (bicyclic) bond motifs is 1. The number of benzene rings is 1. The number of ether oxygens (including phenoxy) is 1. The first-order valence-electron chi connectivity index (χ1n) is 7.32. The maximum absolute atomic E-state index is 12.4. The van der Waals surface area contributed by atoms with Crippen LogP contribution in [0.2, 0.25) is 0 Å². The minimum Gasteiger partial charge on any atom is -0.493 e. The highest BCUT2D eigenvalue weighted by Crippen LogP contribution is 2.28. The number of rotatable bonds is 1. The molecule has 114 valence electrons. The van der Waals surface area contributed by atoms with E-state index in [-0.39, 0.29) is 12.1 Å². The van der Waals surface area contributed by atoms with Crippen molar-refractivity contribution in [3.8, 4) is 5.75 Å². The molecule has 0 saturated carbocycles. The Labute approximate surface area is 127 Å². The standard InChI is InChI=1S/C15H20N2O3S/c1-11-5-8-21(19)9-6-17(11)15(18)16-13-2-3-14-12(10-13)4-7-20-14/h2-3,10-11H,4-9H2,1H3,(H,16,18)/t11-,21-/m0/s1. The van der Waals surface area contributed by atoms with Gasteiger partial charge in [-0.05, 0) is 37.1 Å². The summed E-state index contributed by atoms with van der Waals surface area (Å²) >= 11 is 0. The second-order valence-corrected chi connectivity index (χ2v) is 7.23. The third-order valence-electron chi connectivity index (χ3n) is 4.06. The Morgan fingerprint density at radius 3 is 3.14 bits per heavy atom. The lowest BCUT2D eigenvalue weighted by atomic mass is 10.1. The second-order valence-electron chi connectivity index (χ2n) is 5.53. The van der Waals surface area contributed by atoms with E-state index in [1.807, 2.05) is 25.1 Å². The van der Waals surface area contributed by atoms with E-state index in [0.29, 0.717) is 24.7 Å². The van der Waals surface area contributed by atoms with Crippen LogP contribution in [0.1, 0.15) is 18.9 Å². The van der Waals surface area contributed by atoms with Crippen LogP contribution in [0.5, 0.6) is 5.75 Å². The predicted molar refractivity (Wildman–Crippen MR) is 83.3 cm³/mol. The van der Waals surface area contributed by atoms with Gasteiger partial charge in [0.05, 0.1) is 6.61 Å². The smallest absolute Gasteiger partial charge is 0.322 e. The summed E-state index contributed by atoms with van der Waals surface area (Å²) in [6, 6.07) is 5.75. The average Bonchev–Trinajstić information content (AvgIpc) is 2.85. The zero-order chi connectivity index (χ0) is 14.8. The van der Waals surface area contributed by atoms with E-state index in [4.69, 9.17) is 4.74 Å². The van der Waals surface area contributed by atoms with E-state index in [1.165, 1.54) is 0 Å². The van der Waals surface area contributed by atoms with E-state index < -0.39 is 10.8 Å². The van der Waals surface area contributed by atoms with Crippen LogP contribution in [0, 0.1) is 0 Å². The number of urea groups is 1. The topological polar surface area (TPSA) is 58.6 Å². The number of hydrogen-bond donors (Lipinski definition) is 1. The Bertz CT molecular complexity index is 576. The largest absolute Gasteiger partial charge is 0.493 e. The molecule has 5 nitrogen and oxygen atoms in total. The van der Waals surface area contributed by atoms with Crippen molar-refractivity contribution in [1.29, 1.82) is 0 Å². The van der Waals surface area contributed by atoms with E-state index in [1.54, 1.807) is 4.90 Å². The number of carbonyl (C=O) groups excluding carboxylic acids is 1. The fraction of sp³-hybridized carbons (Fsp3) is 0.533. The van der Waals surface area contributed by atoms with Crippen molar-refractivity contribution < 1.29 is 13.7 Å². The molecule has 2 aliphatic heterocycles. The van der Waals surface area contributed by atoms with Gasteiger partial charge in [-0.1, -0.05) is 0 Å². The van der Waals surface area contributed by atoms with Gasteiger partial charge in [-0.2, -0.15) is 0 Å². The van der Waals surface area contributed by atoms with Gasteiger partial charge < -0.3 is 15.0 Å². The third-order valence-corrected chi connectivity index (χ3v) is 5.39. The van der Waals surface area contributed by atoms with Crippen molar-refractivity contribution >= 4 is 22.5 Å². The normalized spacial score (nSPS) is 24.9. The number of nitrogens with one attached hydrogen (secondary N) is 1. The summed E-state index contributed by atoms with van der Waals surface area (Å²) in [4.78, 5) is 14.2. The van der Waals surface area contributed by atoms with Crippen LogP contribution in [-0.4, -0.2) is 45.8 Å². The van der Waals surface area contributed by atoms with E-state index >= 15 is 0 Å². The quantitative estimate of drug-likeness (QED) is 0.863. The average molecular weight is 308 g/mol. The lowest BCUT2D eigenvalue weighted by molar-refractivity contribution is 0.197. The molecule has 0 spiro atoms. The molecular formula is C15H20N2O3S. The summed E-state index contributed by atoms with van der Waals surface area (Å²) in [5.74, 6) is 2.16. The number of hydrogen-bond acceptors (Lipinski definition) is 3. The highest BCUT2D eigenvalue weighted by Gasteiger charge is 2.24. The first-order valence-corrected chi connectivity index (χ1v) is 8.80. The summed E-state index contributed by atoms with van der Waals surface area (Å²) in [6.45, 7) is 3.27. The molecule has 0 bridgehead atoms. The Hall–Kier alpha value is -1.56. The van der Waals surface area contributed by atoms with Gasteiger partial charge in [-0.15, -0.1) is 0 Å². The minimum atomic E-state index is -0.800. The van der Waals surface area contributed by atoms with Gasteiger partial charge in [0.2, 0.25) is 0 Å². The van der Waals surface area contributed by atoms with E-state index in [0.717, 1.165) is 29.8 Å². The van der Waals surface area contributed by atoms with Crippen LogP contribution in [-0.2, 0) is 17.2 Å². The van der Waals surface area contributed by atoms with Crippen molar-refractivity contribution in [2.45, 2.75) is 25.8 Å². The molecule has 1 aromatic carbocycles. The molecule has 0 aromatic heterocycles. The highest BCUT2D eigenvalue weighted by molar-refractivity contribution is 7.85. The third kappa shape index (κ3) is 3.20. The maximum Gasteiger partial charge on any atom is 0.322 e. The molecule has 0 radical (unpaired) electrons. The van der Waals surface area contributed by atoms with Crippen molar-refractivity contribution in [2.75, 3.05) is 30.0 Å². The summed E-state index contributed by atoms with van der Waals surface area (Å²) < 4.78 is 17.1. The zero-order valence-electron chi connectivity index (χ0n) is 12.1. The van der Waals surface area contributed by atoms with Crippen molar-refractivity contribution in [3.63, 3.8) is 0 Å². The molecule has 2 amide bonds. The molecule has 1 fully saturated rings. The first kappa shape index (κ1) is 14.4. The zero-order valence-corrected chi connectivity index (χ0v) is 12.9. The van der Waals surface area contributed by atoms with Gasteiger partial charge in [0.25, 0.3) is 0 Å². The summed E-state index contributed by atoms with van der Waals surface area (Å²) in [6.07, 6.45) is 1.68. The molecule has 6 heteroatoms. The monoisotopic (exact) mass is 308 g/mol. The van der Waals surface area contributed by atoms with E-state index in [2.05, 4.69) is 5.32 Å². The molecule has 2 aliphatic rings. The van der Waals surface area contributed by atoms with Gasteiger partial charge >= 0.3 is 6.03 Å². The van der Waals surface area contributed by atoms with Crippen LogP contribution < -0.4 is 10.1 Å². The van der Waals surface area contributed by atoms with Gasteiger partial charge in [-0.3, -0.25) is 4.21 Å². The second kappa shape index (κ2) is 6.05. The molecule has 1 saturated heterocycles. The summed E-state index contributed by atoms with van der Waals surface area (Å²) in [7, 11) is -0.800. The first-order chi connectivity index (χ1) is 10.1. The van der Waals surface area contributed by atoms with Crippen molar-refractivity contribution in [2.24, 2.45) is 0 Å². The number of nitrogens with zero attached hydrogens (tertiary/aromatic N) is 1. The molecular weight excluding hydrogens is 288 g/mol. The van der Waals surface area contributed by atoms with Gasteiger partial charge in [0.1, 0.15) is 5.75 Å². The molecule has 21 heavy (non-hydrogen) atoms. The lowest BCUT2D eigenvalue weighted by Crippen LogP contribution is -2.42. The number of carbonyl (C=O) groups is 1. The number of anilines is 1. The maximum atomic E-state index is 12.4. The van der Waals surface area contributed by atoms with Crippen LogP contribution >= 0.6 is 0 Å². The summed E-state index contributed by atoms with van der Waals surface area (Å²) in [5, 5.41) is 2.95. The Kier molecular flexibility index (Phi) is 4.14. The molecule has 0 unspecified atom stereocenters. The fourth-order valence-electron chi connectivity index (χ4n) is 2.74. The van der Waals surface area contributed by atoms with E-state index in [9.17, 15) is 9.00 Å². The fourth-order valence-corrected chi connectivity index (χ4v) is 3.95. The van der Waals surface area contributed by atoms with Crippen molar-refractivity contribution in [3.05, 3.63) is 23.8 Å². The Morgan fingerprint density at radius 2 is 2.29 bits per heavy atom. The van der Waals surface area contributed by atoms with Gasteiger partial charge in [0, 0.05) is 47.0 Å². The minimum absolute atomic E-state index is 0.111. The predicted octanol–water partition coefficient (Wildman–Crippen LogP) is 2.00. The van der Waals surface area contributed by atoms with Gasteiger partial charge in [0.15, 0.2) is 0 Å². The highest BCUT2D eigenvalue weighted by atomic mass is 32.2. The SMILES string of the molecule is C[C@H]1CC[S@](=O)CCN1C(=O)Nc1ccc2c(c1)CCO2. The summed E-state index contributed by atoms with van der Waals surface area (Å²) in [5.41, 5.74) is 1.93. The molecule has 3 rings (SSSR count). The Morgan fingerprint density at radius 1 is 1.43 bits per heavy atom. The van der Waals surface area contributed by atoms with Crippen LogP contribution in [0.4, 0.5) is 10.5 Å². The lowest BCUT2D eigenvalue weighted by Gasteiger charge is -2.27. The van der Waals surface area contributed by atoms with Crippen LogP contribution in [0.3, 0.4) is 0 Å². The molecule has 0 aliphatic carbocycles. The molecule has 2 atom stereocenters. The molecule has 2 heterocycles. The molecule has 1 N–H and O–H groups in total.